The van der Waals surface area contributed by atoms with Crippen molar-refractivity contribution in [2.24, 2.45) is 28.9 Å². The lowest BCUT2D eigenvalue weighted by Crippen LogP contribution is -2.24. The van der Waals surface area contributed by atoms with Crippen LogP contribution in [0.5, 0.6) is 0 Å². The molecule has 0 aromatic rings. The summed E-state index contributed by atoms with van der Waals surface area (Å²) in [5, 5.41) is 0. The molecule has 4 atom stereocenters. The van der Waals surface area contributed by atoms with Gasteiger partial charge in [-0.15, -0.1) is 0 Å². The zero-order chi connectivity index (χ0) is 6.81. The van der Waals surface area contributed by atoms with Crippen LogP contribution in [0, 0.1) is 23.2 Å². The van der Waals surface area contributed by atoms with Crippen LogP contribution >= 0.6 is 0 Å². The van der Waals surface area contributed by atoms with E-state index in [0.717, 1.165) is 17.8 Å². The highest BCUT2D eigenvalue weighted by molar-refractivity contribution is 5.34. The third-order valence-electron chi connectivity index (χ3n) is 3.65. The lowest BCUT2D eigenvalue weighted by molar-refractivity contribution is 0.362. The van der Waals surface area contributed by atoms with Gasteiger partial charge < -0.3 is 5.73 Å². The maximum absolute atomic E-state index is 5.84. The Morgan fingerprint density at radius 3 is 2.00 bits per heavy atom. The highest BCUT2D eigenvalue weighted by atomic mass is 15.0. The first-order chi connectivity index (χ1) is 4.13. The summed E-state index contributed by atoms with van der Waals surface area (Å²) in [5.74, 6) is 2.65. The van der Waals surface area contributed by atoms with Crippen molar-refractivity contribution in [3.8, 4) is 0 Å². The minimum Gasteiger partial charge on any atom is -0.327 e. The van der Waals surface area contributed by atoms with Gasteiger partial charge in [0.1, 0.15) is 0 Å². The van der Waals surface area contributed by atoms with Gasteiger partial charge in [-0.25, -0.2) is 0 Å². The second-order valence-corrected chi connectivity index (χ2v) is 3.99. The summed E-state index contributed by atoms with van der Waals surface area (Å²) in [5.41, 5.74) is 6.45. The van der Waals surface area contributed by atoms with Crippen molar-refractivity contribution in [3.63, 3.8) is 0 Å². The van der Waals surface area contributed by atoms with E-state index in [2.05, 4.69) is 20.8 Å². The van der Waals surface area contributed by atoms with Crippen LogP contribution in [0.2, 0.25) is 0 Å². The summed E-state index contributed by atoms with van der Waals surface area (Å²) >= 11 is 0. The summed E-state index contributed by atoms with van der Waals surface area (Å²) < 4.78 is 0. The van der Waals surface area contributed by atoms with E-state index in [9.17, 15) is 0 Å². The van der Waals surface area contributed by atoms with Gasteiger partial charge in [-0.1, -0.05) is 20.8 Å². The van der Waals surface area contributed by atoms with Gasteiger partial charge in [0, 0.05) is 6.04 Å². The van der Waals surface area contributed by atoms with E-state index in [0.29, 0.717) is 11.5 Å². The molecule has 2 aliphatic carbocycles. The van der Waals surface area contributed by atoms with Crippen molar-refractivity contribution in [2.45, 2.75) is 26.8 Å². The van der Waals surface area contributed by atoms with Crippen LogP contribution < -0.4 is 5.73 Å². The summed E-state index contributed by atoms with van der Waals surface area (Å²) in [4.78, 5) is 0. The maximum atomic E-state index is 5.84. The number of nitrogens with two attached hydrogens (primary N) is 1. The van der Waals surface area contributed by atoms with Crippen molar-refractivity contribution >= 4 is 0 Å². The molecule has 2 N–H and O–H groups in total. The van der Waals surface area contributed by atoms with E-state index in [1.54, 1.807) is 0 Å². The smallest absolute Gasteiger partial charge is 0.0141 e. The minimum absolute atomic E-state index is 0.562. The first-order valence-electron chi connectivity index (χ1n) is 3.89. The molecular weight excluding hydrogens is 110 g/mol. The van der Waals surface area contributed by atoms with Crippen LogP contribution in [-0.2, 0) is 0 Å². The third kappa shape index (κ3) is 0.362. The molecule has 52 valence electrons. The van der Waals surface area contributed by atoms with Crippen LogP contribution in [0.4, 0.5) is 0 Å². The molecule has 1 heteroatoms. The van der Waals surface area contributed by atoms with Crippen molar-refractivity contribution in [1.82, 2.24) is 0 Å². The molecular formula is C8H15N. The van der Waals surface area contributed by atoms with Gasteiger partial charge in [0.25, 0.3) is 0 Å². The van der Waals surface area contributed by atoms with Crippen LogP contribution in [0.25, 0.3) is 0 Å². The summed E-state index contributed by atoms with van der Waals surface area (Å²) in [6, 6.07) is 0.562. The molecule has 0 saturated heterocycles. The SMILES string of the molecule is CC(C)C12C([C@H]1C)[C@@H]2N. The van der Waals surface area contributed by atoms with Crippen LogP contribution in [-0.4, -0.2) is 6.04 Å². The molecule has 2 rings (SSSR count). The molecule has 2 saturated carbocycles. The highest BCUT2D eigenvalue weighted by Gasteiger charge is 2.83. The van der Waals surface area contributed by atoms with Crippen molar-refractivity contribution in [1.29, 1.82) is 0 Å². The van der Waals surface area contributed by atoms with Gasteiger partial charge in [-0.05, 0) is 23.2 Å². The zero-order valence-corrected chi connectivity index (χ0v) is 6.39. The van der Waals surface area contributed by atoms with Crippen molar-refractivity contribution in [3.05, 3.63) is 0 Å². The lowest BCUT2D eigenvalue weighted by Gasteiger charge is -2.15. The second kappa shape index (κ2) is 1.20. The van der Waals surface area contributed by atoms with E-state index < -0.39 is 0 Å². The number of rotatable bonds is 1. The third-order valence-corrected chi connectivity index (χ3v) is 3.65. The molecule has 2 aliphatic rings. The van der Waals surface area contributed by atoms with E-state index in [-0.39, 0.29) is 0 Å². The first-order valence-corrected chi connectivity index (χ1v) is 3.89. The maximum Gasteiger partial charge on any atom is 0.0141 e. The average Bonchev–Trinajstić information content (AvgIpc) is 2.55. The predicted molar refractivity (Wildman–Crippen MR) is 37.9 cm³/mol. The van der Waals surface area contributed by atoms with E-state index in [1.165, 1.54) is 0 Å². The Hall–Kier alpha value is -0.0400. The number of hydrogen-bond donors (Lipinski definition) is 1. The van der Waals surface area contributed by atoms with Gasteiger partial charge in [-0.3, -0.25) is 0 Å². The first kappa shape index (κ1) is 5.72. The standard InChI is InChI=1S/C8H15N/c1-4(2)8-5(3)6(8)7(8)9/h4-7H,9H2,1-3H3/t5-,6?,7+,8?/m1/s1. The van der Waals surface area contributed by atoms with Gasteiger partial charge in [0.05, 0.1) is 0 Å². The number of fused-ring (bicyclic) bond motifs is 1. The Morgan fingerprint density at radius 1 is 1.44 bits per heavy atom. The predicted octanol–water partition coefficient (Wildman–Crippen LogP) is 1.24. The average molecular weight is 125 g/mol. The molecule has 1 nitrogen and oxygen atoms in total. The van der Waals surface area contributed by atoms with Crippen molar-refractivity contribution in [2.75, 3.05) is 0 Å². The fraction of sp³-hybridized carbons (Fsp3) is 1.00. The quantitative estimate of drug-likeness (QED) is 0.560. The minimum atomic E-state index is 0.562. The number of hydrogen-bond acceptors (Lipinski definition) is 1. The fourth-order valence-corrected chi connectivity index (χ4v) is 2.92. The van der Waals surface area contributed by atoms with Crippen LogP contribution in [0.3, 0.4) is 0 Å². The van der Waals surface area contributed by atoms with Gasteiger partial charge in [0.15, 0.2) is 0 Å². The van der Waals surface area contributed by atoms with Crippen LogP contribution in [0.1, 0.15) is 20.8 Å². The lowest BCUT2D eigenvalue weighted by atomic mass is 9.93. The molecule has 0 aromatic carbocycles. The Kier molecular flexibility index (Phi) is 0.760. The molecule has 0 amide bonds. The highest BCUT2D eigenvalue weighted by Crippen LogP contribution is 2.81. The summed E-state index contributed by atoms with van der Waals surface area (Å²) in [6.45, 7) is 6.92. The Labute approximate surface area is 56.6 Å². The molecule has 0 heterocycles. The molecule has 2 fully saturated rings. The van der Waals surface area contributed by atoms with Gasteiger partial charge >= 0.3 is 0 Å². The summed E-state index contributed by atoms with van der Waals surface area (Å²) in [7, 11) is 0. The van der Waals surface area contributed by atoms with E-state index in [4.69, 9.17) is 5.73 Å². The molecule has 0 bridgehead atoms. The van der Waals surface area contributed by atoms with Crippen molar-refractivity contribution < 1.29 is 0 Å². The van der Waals surface area contributed by atoms with E-state index >= 15 is 0 Å². The molecule has 2 unspecified atom stereocenters. The largest absolute Gasteiger partial charge is 0.327 e. The Balaban J connectivity index is 2.12. The Morgan fingerprint density at radius 2 is 2.00 bits per heavy atom. The molecule has 0 aliphatic heterocycles. The molecule has 0 radical (unpaired) electrons. The molecule has 9 heavy (non-hydrogen) atoms. The molecule has 0 spiro atoms. The topological polar surface area (TPSA) is 26.0 Å². The van der Waals surface area contributed by atoms with Crippen LogP contribution in [0.15, 0.2) is 0 Å². The summed E-state index contributed by atoms with van der Waals surface area (Å²) in [6.07, 6.45) is 0. The monoisotopic (exact) mass is 125 g/mol. The van der Waals surface area contributed by atoms with Gasteiger partial charge in [0.2, 0.25) is 0 Å². The molecule has 0 aromatic heterocycles. The van der Waals surface area contributed by atoms with Gasteiger partial charge in [-0.2, -0.15) is 0 Å². The second-order valence-electron chi connectivity index (χ2n) is 3.99. The fourth-order valence-electron chi connectivity index (χ4n) is 2.92. The zero-order valence-electron chi connectivity index (χ0n) is 6.39. The van der Waals surface area contributed by atoms with E-state index in [1.807, 2.05) is 0 Å². The normalized spacial score (nSPS) is 61.7. The Bertz CT molecular complexity index is 137.